The van der Waals surface area contributed by atoms with Crippen molar-refractivity contribution in [1.29, 1.82) is 0 Å². The summed E-state index contributed by atoms with van der Waals surface area (Å²) in [5, 5.41) is 0.412. The highest BCUT2D eigenvalue weighted by molar-refractivity contribution is 6.34. The Morgan fingerprint density at radius 3 is 2.58 bits per heavy atom. The average Bonchev–Trinajstić information content (AvgIpc) is 2.33. The fraction of sp³-hybridized carbons (Fsp3) is 0.188. The van der Waals surface area contributed by atoms with Gasteiger partial charge in [-0.25, -0.2) is 0 Å². The number of ketones is 1. The number of carbonyl (C=O) groups excluding carboxylic acids is 1. The number of halogens is 1. The molecule has 2 aromatic rings. The molecule has 98 valence electrons. The van der Waals surface area contributed by atoms with E-state index in [1.807, 2.05) is 32.0 Å². The van der Waals surface area contributed by atoms with Gasteiger partial charge in [0.15, 0.2) is 5.78 Å². The molecule has 0 radical (unpaired) electrons. The molecule has 2 nitrogen and oxygen atoms in total. The fourth-order valence-electron chi connectivity index (χ4n) is 2.02. The molecular formula is C16H16ClNO. The molecule has 0 aliphatic heterocycles. The molecule has 0 aliphatic rings. The monoisotopic (exact) mass is 273 g/mol. The summed E-state index contributed by atoms with van der Waals surface area (Å²) in [6.07, 6.45) is 0.358. The van der Waals surface area contributed by atoms with E-state index in [9.17, 15) is 4.79 Å². The minimum absolute atomic E-state index is 0.0127. The predicted molar refractivity (Wildman–Crippen MR) is 79.8 cm³/mol. The van der Waals surface area contributed by atoms with Gasteiger partial charge in [-0.1, -0.05) is 35.4 Å². The number of benzene rings is 2. The lowest BCUT2D eigenvalue weighted by molar-refractivity contribution is 0.0993. The van der Waals surface area contributed by atoms with Crippen LogP contribution in [0.4, 0.5) is 5.69 Å². The smallest absolute Gasteiger partial charge is 0.168 e. The molecule has 0 aliphatic carbocycles. The second kappa shape index (κ2) is 5.45. The van der Waals surface area contributed by atoms with Crippen molar-refractivity contribution in [3.8, 4) is 0 Å². The van der Waals surface area contributed by atoms with Gasteiger partial charge in [0.2, 0.25) is 0 Å². The van der Waals surface area contributed by atoms with Crippen molar-refractivity contribution in [2.45, 2.75) is 20.3 Å². The molecule has 0 spiro atoms. The molecule has 0 aromatic heterocycles. The zero-order chi connectivity index (χ0) is 14.0. The van der Waals surface area contributed by atoms with Crippen LogP contribution < -0.4 is 5.73 Å². The maximum Gasteiger partial charge on any atom is 0.168 e. The van der Waals surface area contributed by atoms with E-state index in [0.717, 1.165) is 16.7 Å². The fourth-order valence-corrected chi connectivity index (χ4v) is 2.31. The van der Waals surface area contributed by atoms with Gasteiger partial charge in [0, 0.05) is 17.7 Å². The zero-order valence-electron chi connectivity index (χ0n) is 11.0. The lowest BCUT2D eigenvalue weighted by atomic mass is 9.97. The predicted octanol–water partition coefficient (Wildman–Crippen LogP) is 3.96. The number of nitrogen functional groups attached to an aromatic ring is 1. The van der Waals surface area contributed by atoms with Crippen molar-refractivity contribution in [2.24, 2.45) is 0 Å². The molecule has 0 amide bonds. The summed E-state index contributed by atoms with van der Waals surface area (Å²) >= 11 is 6.06. The van der Waals surface area contributed by atoms with Crippen molar-refractivity contribution in [3.05, 3.63) is 63.7 Å². The van der Waals surface area contributed by atoms with Crippen LogP contribution in [0.3, 0.4) is 0 Å². The van der Waals surface area contributed by atoms with Crippen molar-refractivity contribution in [2.75, 3.05) is 5.73 Å². The van der Waals surface area contributed by atoms with Crippen LogP contribution in [-0.4, -0.2) is 5.78 Å². The van der Waals surface area contributed by atoms with Crippen LogP contribution in [-0.2, 0) is 6.42 Å². The van der Waals surface area contributed by atoms with E-state index in [1.165, 1.54) is 0 Å². The summed E-state index contributed by atoms with van der Waals surface area (Å²) < 4.78 is 0. The van der Waals surface area contributed by atoms with Gasteiger partial charge < -0.3 is 5.73 Å². The minimum atomic E-state index is 0.0127. The lowest BCUT2D eigenvalue weighted by Gasteiger charge is -2.08. The van der Waals surface area contributed by atoms with E-state index in [4.69, 9.17) is 17.3 Å². The summed E-state index contributed by atoms with van der Waals surface area (Å²) in [7, 11) is 0. The number of Topliss-reactive ketones (excluding diaryl/α,β-unsaturated/α-hetero) is 1. The van der Waals surface area contributed by atoms with E-state index in [1.54, 1.807) is 18.2 Å². The molecule has 0 saturated heterocycles. The normalized spacial score (nSPS) is 10.5. The molecule has 0 unspecified atom stereocenters. The van der Waals surface area contributed by atoms with Crippen LogP contribution >= 0.6 is 11.6 Å². The molecule has 0 saturated carbocycles. The van der Waals surface area contributed by atoms with Crippen LogP contribution in [0.15, 0.2) is 36.4 Å². The molecular weight excluding hydrogens is 258 g/mol. The first-order chi connectivity index (χ1) is 8.97. The van der Waals surface area contributed by atoms with E-state index in [0.29, 0.717) is 22.7 Å². The highest BCUT2D eigenvalue weighted by atomic mass is 35.5. The first kappa shape index (κ1) is 13.6. The third kappa shape index (κ3) is 3.15. The van der Waals surface area contributed by atoms with Crippen LogP contribution in [0.1, 0.15) is 27.0 Å². The molecule has 2 aromatic carbocycles. The van der Waals surface area contributed by atoms with E-state index in [2.05, 4.69) is 0 Å². The van der Waals surface area contributed by atoms with Crippen molar-refractivity contribution < 1.29 is 4.79 Å². The summed E-state index contributed by atoms with van der Waals surface area (Å²) in [6, 6.07) is 11.1. The van der Waals surface area contributed by atoms with Gasteiger partial charge in [0.05, 0.1) is 5.02 Å². The van der Waals surface area contributed by atoms with Crippen LogP contribution in [0, 0.1) is 13.8 Å². The third-order valence-corrected chi connectivity index (χ3v) is 3.46. The number of hydrogen-bond donors (Lipinski definition) is 1. The zero-order valence-corrected chi connectivity index (χ0v) is 11.8. The van der Waals surface area contributed by atoms with Gasteiger partial charge >= 0.3 is 0 Å². The summed E-state index contributed by atoms with van der Waals surface area (Å²) in [5.41, 5.74) is 10.0. The van der Waals surface area contributed by atoms with Gasteiger partial charge in [0.25, 0.3) is 0 Å². The molecule has 0 atom stereocenters. The maximum absolute atomic E-state index is 12.3. The first-order valence-corrected chi connectivity index (χ1v) is 6.49. The Hall–Kier alpha value is -1.80. The summed E-state index contributed by atoms with van der Waals surface area (Å²) in [4.78, 5) is 12.3. The average molecular weight is 274 g/mol. The van der Waals surface area contributed by atoms with E-state index in [-0.39, 0.29) is 5.78 Å². The number of hydrogen-bond acceptors (Lipinski definition) is 2. The van der Waals surface area contributed by atoms with Gasteiger partial charge in [-0.2, -0.15) is 0 Å². The van der Waals surface area contributed by atoms with E-state index < -0.39 is 0 Å². The van der Waals surface area contributed by atoms with Gasteiger partial charge in [0.1, 0.15) is 0 Å². The molecule has 2 N–H and O–H groups in total. The molecule has 19 heavy (non-hydrogen) atoms. The Morgan fingerprint density at radius 2 is 1.89 bits per heavy atom. The molecule has 0 bridgehead atoms. The Kier molecular flexibility index (Phi) is 3.91. The quantitative estimate of drug-likeness (QED) is 0.679. The van der Waals surface area contributed by atoms with Crippen LogP contribution in [0.25, 0.3) is 0 Å². The Labute approximate surface area is 118 Å². The second-order valence-electron chi connectivity index (χ2n) is 4.77. The van der Waals surface area contributed by atoms with Crippen molar-refractivity contribution in [3.63, 3.8) is 0 Å². The first-order valence-electron chi connectivity index (χ1n) is 6.11. The van der Waals surface area contributed by atoms with Crippen molar-refractivity contribution in [1.82, 2.24) is 0 Å². The highest BCUT2D eigenvalue weighted by Gasteiger charge is 2.12. The summed E-state index contributed by atoms with van der Waals surface area (Å²) in [6.45, 7) is 4.02. The minimum Gasteiger partial charge on any atom is -0.399 e. The highest BCUT2D eigenvalue weighted by Crippen LogP contribution is 2.22. The Morgan fingerprint density at radius 1 is 1.16 bits per heavy atom. The number of nitrogens with two attached hydrogens (primary N) is 1. The maximum atomic E-state index is 12.3. The number of carbonyl (C=O) groups is 1. The standard InChI is InChI=1S/C16H16ClNO/c1-10-3-4-11(2)12(7-10)8-16(19)14-6-5-13(18)9-15(14)17/h3-7,9H,8,18H2,1-2H3. The number of aryl methyl sites for hydroxylation is 2. The topological polar surface area (TPSA) is 43.1 Å². The largest absolute Gasteiger partial charge is 0.399 e. The molecule has 3 heteroatoms. The summed E-state index contributed by atoms with van der Waals surface area (Å²) in [5.74, 6) is 0.0127. The number of rotatable bonds is 3. The van der Waals surface area contributed by atoms with E-state index >= 15 is 0 Å². The van der Waals surface area contributed by atoms with Crippen molar-refractivity contribution >= 4 is 23.1 Å². The van der Waals surface area contributed by atoms with Gasteiger partial charge in [-0.15, -0.1) is 0 Å². The molecule has 2 rings (SSSR count). The number of anilines is 1. The van der Waals surface area contributed by atoms with Crippen LogP contribution in [0.5, 0.6) is 0 Å². The van der Waals surface area contributed by atoms with Gasteiger partial charge in [-0.3, -0.25) is 4.79 Å². The van der Waals surface area contributed by atoms with Gasteiger partial charge in [-0.05, 0) is 43.2 Å². The van der Waals surface area contributed by atoms with Crippen LogP contribution in [0.2, 0.25) is 5.02 Å². The molecule has 0 heterocycles. The lowest BCUT2D eigenvalue weighted by Crippen LogP contribution is -2.06. The third-order valence-electron chi connectivity index (χ3n) is 3.15. The second-order valence-corrected chi connectivity index (χ2v) is 5.18. The SMILES string of the molecule is Cc1ccc(C)c(CC(=O)c2ccc(N)cc2Cl)c1. The molecule has 0 fully saturated rings. The Balaban J connectivity index is 2.28. The Bertz CT molecular complexity index is 635.